The Balaban J connectivity index is 1.62. The topological polar surface area (TPSA) is 69.2 Å². The van der Waals surface area contributed by atoms with Gasteiger partial charge in [-0.25, -0.2) is 0 Å². The first-order valence-corrected chi connectivity index (χ1v) is 8.39. The highest BCUT2D eigenvalue weighted by atomic mass is 35.5. The Bertz CT molecular complexity index is 1040. The lowest BCUT2D eigenvalue weighted by Gasteiger charge is -2.04. The van der Waals surface area contributed by atoms with Gasteiger partial charge in [-0.1, -0.05) is 41.9 Å². The molecule has 1 N–H and O–H groups in total. The van der Waals surface area contributed by atoms with E-state index < -0.39 is 0 Å². The van der Waals surface area contributed by atoms with E-state index in [9.17, 15) is 0 Å². The van der Waals surface area contributed by atoms with Gasteiger partial charge >= 0.3 is 0 Å². The quantitative estimate of drug-likeness (QED) is 0.547. The van der Waals surface area contributed by atoms with Crippen molar-refractivity contribution in [3.63, 3.8) is 0 Å². The molecule has 3 aromatic heterocycles. The van der Waals surface area contributed by atoms with Gasteiger partial charge in [0.15, 0.2) is 10.6 Å². The first-order valence-electron chi connectivity index (χ1n) is 7.60. The summed E-state index contributed by atoms with van der Waals surface area (Å²) in [5, 5.41) is 16.3. The van der Waals surface area contributed by atoms with Crippen LogP contribution in [-0.2, 0) is 13.1 Å². The molecule has 0 aliphatic heterocycles. The Hall–Kier alpha value is -2.71. The largest absolute Gasteiger partial charge is 0.267 e. The number of benzene rings is 1. The molecule has 9 heteroatoms. The van der Waals surface area contributed by atoms with Crippen LogP contribution < -0.4 is 0 Å². The summed E-state index contributed by atoms with van der Waals surface area (Å²) in [6.45, 7) is 1.14. The second-order valence-electron chi connectivity index (χ2n) is 5.52. The zero-order chi connectivity index (χ0) is 17.2. The summed E-state index contributed by atoms with van der Waals surface area (Å²) in [6, 6.07) is 10.2. The van der Waals surface area contributed by atoms with E-state index in [2.05, 4.69) is 32.5 Å². The van der Waals surface area contributed by atoms with Crippen molar-refractivity contribution in [3.8, 4) is 5.69 Å². The summed E-state index contributed by atoms with van der Waals surface area (Å²) >= 11 is 11.3. The summed E-state index contributed by atoms with van der Waals surface area (Å²) in [5.74, 6) is 0.726. The molecule has 0 saturated carbocycles. The predicted octanol–water partition coefficient (Wildman–Crippen LogP) is 3.07. The molecule has 0 spiro atoms. The third kappa shape index (κ3) is 3.40. The second-order valence-corrected chi connectivity index (χ2v) is 6.34. The molecule has 0 aliphatic carbocycles. The molecule has 126 valence electrons. The molecule has 0 radical (unpaired) electrons. The Kier molecular flexibility index (Phi) is 4.21. The van der Waals surface area contributed by atoms with E-state index in [-0.39, 0.29) is 0 Å². The maximum absolute atomic E-state index is 5.92. The number of halogens is 1. The van der Waals surface area contributed by atoms with Gasteiger partial charge in [-0.15, -0.1) is 0 Å². The number of aromatic nitrogens is 7. The van der Waals surface area contributed by atoms with Crippen LogP contribution in [0, 0.1) is 4.77 Å². The molecule has 0 atom stereocenters. The molecule has 25 heavy (non-hydrogen) atoms. The number of H-pyrrole nitrogens is 1. The van der Waals surface area contributed by atoms with E-state index >= 15 is 0 Å². The van der Waals surface area contributed by atoms with E-state index in [0.29, 0.717) is 22.9 Å². The van der Waals surface area contributed by atoms with Gasteiger partial charge in [0.25, 0.3) is 0 Å². The maximum Gasteiger partial charge on any atom is 0.200 e. The predicted molar refractivity (Wildman–Crippen MR) is 96.4 cm³/mol. The Morgan fingerprint density at radius 2 is 1.76 bits per heavy atom. The van der Waals surface area contributed by atoms with E-state index in [0.717, 1.165) is 11.5 Å². The molecule has 1 aromatic carbocycles. The van der Waals surface area contributed by atoms with Crippen molar-refractivity contribution in [2.75, 3.05) is 0 Å². The van der Waals surface area contributed by atoms with Crippen molar-refractivity contribution in [1.82, 2.24) is 34.3 Å². The van der Waals surface area contributed by atoms with E-state index in [1.54, 1.807) is 23.3 Å². The van der Waals surface area contributed by atoms with Crippen LogP contribution in [-0.4, -0.2) is 34.3 Å². The summed E-state index contributed by atoms with van der Waals surface area (Å²) in [4.78, 5) is 0. The average molecular weight is 372 g/mol. The fourth-order valence-electron chi connectivity index (χ4n) is 2.60. The van der Waals surface area contributed by atoms with Crippen LogP contribution in [0.25, 0.3) is 5.69 Å². The summed E-state index contributed by atoms with van der Waals surface area (Å²) in [6.07, 6.45) is 7.04. The molecule has 4 aromatic rings. The van der Waals surface area contributed by atoms with Crippen LogP contribution in [0.2, 0.25) is 5.02 Å². The van der Waals surface area contributed by atoms with Gasteiger partial charge in [0.2, 0.25) is 0 Å². The average Bonchev–Trinajstić information content (AvgIpc) is 3.31. The fourth-order valence-corrected chi connectivity index (χ4v) is 3.01. The number of rotatable bonds is 5. The van der Waals surface area contributed by atoms with Gasteiger partial charge in [0, 0.05) is 12.4 Å². The minimum absolute atomic E-state index is 0.448. The number of aromatic amines is 1. The highest BCUT2D eigenvalue weighted by molar-refractivity contribution is 7.71. The standard InChI is InChI=1S/C16H14ClN7S/c17-13-6-18-23(9-13)11-15-20-21-16(25)24(15)14-7-19-22(10-14)8-12-4-2-1-3-5-12/h1-7,9-10H,8,11H2,(H,21,25). The van der Waals surface area contributed by atoms with Crippen LogP contribution in [0.5, 0.6) is 0 Å². The van der Waals surface area contributed by atoms with E-state index in [4.69, 9.17) is 23.8 Å². The lowest BCUT2D eigenvalue weighted by Crippen LogP contribution is -2.07. The Morgan fingerprint density at radius 1 is 1.00 bits per heavy atom. The Labute approximate surface area is 153 Å². The molecule has 0 amide bonds. The van der Waals surface area contributed by atoms with Gasteiger partial charge in [-0.05, 0) is 17.8 Å². The third-order valence-corrected chi connectivity index (χ3v) is 4.18. The van der Waals surface area contributed by atoms with Crippen molar-refractivity contribution in [2.45, 2.75) is 13.1 Å². The normalized spacial score (nSPS) is 11.1. The highest BCUT2D eigenvalue weighted by Gasteiger charge is 2.12. The fraction of sp³-hybridized carbons (Fsp3) is 0.125. The first-order chi connectivity index (χ1) is 12.2. The first kappa shape index (κ1) is 15.8. The van der Waals surface area contributed by atoms with Crippen molar-refractivity contribution in [3.05, 3.63) is 76.3 Å². The van der Waals surface area contributed by atoms with Crippen LogP contribution in [0.15, 0.2) is 55.1 Å². The molecule has 0 bridgehead atoms. The van der Waals surface area contributed by atoms with Gasteiger partial charge in [-0.3, -0.25) is 19.0 Å². The third-order valence-electron chi connectivity index (χ3n) is 3.71. The van der Waals surface area contributed by atoms with Crippen LogP contribution in [0.4, 0.5) is 0 Å². The molecule has 3 heterocycles. The molecular formula is C16H14ClN7S. The number of hydrogen-bond acceptors (Lipinski definition) is 4. The summed E-state index contributed by atoms with van der Waals surface area (Å²) in [7, 11) is 0. The summed E-state index contributed by atoms with van der Waals surface area (Å²) in [5.41, 5.74) is 2.03. The zero-order valence-electron chi connectivity index (χ0n) is 13.1. The molecule has 0 fully saturated rings. The smallest absolute Gasteiger partial charge is 0.200 e. The van der Waals surface area contributed by atoms with Crippen molar-refractivity contribution in [1.29, 1.82) is 0 Å². The lowest BCUT2D eigenvalue weighted by atomic mass is 10.2. The molecular weight excluding hydrogens is 358 g/mol. The van der Waals surface area contributed by atoms with Gasteiger partial charge in [-0.2, -0.15) is 15.3 Å². The number of nitrogens with zero attached hydrogens (tertiary/aromatic N) is 6. The van der Waals surface area contributed by atoms with Gasteiger partial charge in [0.05, 0.1) is 29.6 Å². The Morgan fingerprint density at radius 3 is 2.52 bits per heavy atom. The monoisotopic (exact) mass is 371 g/mol. The number of hydrogen-bond donors (Lipinski definition) is 1. The van der Waals surface area contributed by atoms with Crippen molar-refractivity contribution in [2.24, 2.45) is 0 Å². The molecule has 7 nitrogen and oxygen atoms in total. The highest BCUT2D eigenvalue weighted by Crippen LogP contribution is 2.13. The number of nitrogens with one attached hydrogen (secondary N) is 1. The maximum atomic E-state index is 5.92. The molecule has 0 saturated heterocycles. The lowest BCUT2D eigenvalue weighted by molar-refractivity contribution is 0.643. The molecule has 0 aliphatic rings. The van der Waals surface area contributed by atoms with Crippen molar-refractivity contribution < 1.29 is 0 Å². The van der Waals surface area contributed by atoms with Gasteiger partial charge < -0.3 is 0 Å². The second kappa shape index (κ2) is 6.66. The van der Waals surface area contributed by atoms with Crippen LogP contribution >= 0.6 is 23.8 Å². The molecule has 4 rings (SSSR count). The minimum atomic E-state index is 0.448. The van der Waals surface area contributed by atoms with Crippen molar-refractivity contribution >= 4 is 23.8 Å². The SMILES string of the molecule is S=c1[nH]nc(Cn2cc(Cl)cn2)n1-c1cnn(Cc2ccccc2)c1. The zero-order valence-corrected chi connectivity index (χ0v) is 14.7. The minimum Gasteiger partial charge on any atom is -0.267 e. The van der Waals surface area contributed by atoms with E-state index in [1.165, 1.54) is 5.56 Å². The summed E-state index contributed by atoms with van der Waals surface area (Å²) < 4.78 is 5.93. The van der Waals surface area contributed by atoms with Gasteiger partial charge in [0.1, 0.15) is 6.54 Å². The van der Waals surface area contributed by atoms with E-state index in [1.807, 2.05) is 33.6 Å². The molecule has 0 unspecified atom stereocenters. The van der Waals surface area contributed by atoms with Crippen LogP contribution in [0.3, 0.4) is 0 Å². The van der Waals surface area contributed by atoms with Crippen LogP contribution in [0.1, 0.15) is 11.4 Å².